The first kappa shape index (κ1) is 16.0. The fraction of sp³-hybridized carbons (Fsp3) is 0.167. The van der Waals surface area contributed by atoms with Gasteiger partial charge in [-0.15, -0.1) is 0 Å². The van der Waals surface area contributed by atoms with Gasteiger partial charge in [-0.2, -0.15) is 0 Å². The Morgan fingerprint density at radius 3 is 2.62 bits per heavy atom. The van der Waals surface area contributed by atoms with Crippen LogP contribution in [0.3, 0.4) is 0 Å². The number of aromatic amines is 1. The smallest absolute Gasteiger partial charge is 0.268 e. The summed E-state index contributed by atoms with van der Waals surface area (Å²) in [6, 6.07) is 11.9. The second-order valence-corrected chi connectivity index (χ2v) is 5.64. The van der Waals surface area contributed by atoms with Crippen molar-refractivity contribution in [3.8, 4) is 5.75 Å². The molecule has 4 N–H and O–H groups in total. The van der Waals surface area contributed by atoms with Crippen molar-refractivity contribution < 1.29 is 19.4 Å². The van der Waals surface area contributed by atoms with Gasteiger partial charge in [0.2, 0.25) is 0 Å². The number of hydrogen-bond donors (Lipinski definition) is 4. The molecule has 124 valence electrons. The molecule has 3 aromatic rings. The summed E-state index contributed by atoms with van der Waals surface area (Å²) in [5.74, 6) is -0.577. The molecular weight excluding hydrogens is 311 g/mol. The number of carbonyl (C=O) groups excluding carboxylic acids is 1. The Kier molecular flexibility index (Phi) is 4.48. The average Bonchev–Trinajstić information content (AvgIpc) is 2.99. The lowest BCUT2D eigenvalue weighted by molar-refractivity contribution is 0.0912. The zero-order chi connectivity index (χ0) is 17.1. The van der Waals surface area contributed by atoms with Crippen LogP contribution in [0.1, 0.15) is 16.1 Å². The molecule has 0 aliphatic heterocycles. The number of aromatic hydroxyl groups is 1. The maximum atomic E-state index is 13.2. The van der Waals surface area contributed by atoms with E-state index in [-0.39, 0.29) is 24.1 Å². The van der Waals surface area contributed by atoms with Gasteiger partial charge in [0.1, 0.15) is 17.3 Å². The predicted molar refractivity (Wildman–Crippen MR) is 88.4 cm³/mol. The third-order valence-electron chi connectivity index (χ3n) is 3.80. The summed E-state index contributed by atoms with van der Waals surface area (Å²) in [6.45, 7) is -0.221. The monoisotopic (exact) mass is 328 g/mol. The first-order chi connectivity index (χ1) is 11.5. The van der Waals surface area contributed by atoms with Crippen LogP contribution in [0.5, 0.6) is 5.75 Å². The molecule has 0 unspecified atom stereocenters. The van der Waals surface area contributed by atoms with Gasteiger partial charge in [0.05, 0.1) is 12.6 Å². The lowest BCUT2D eigenvalue weighted by Crippen LogP contribution is -2.39. The van der Waals surface area contributed by atoms with Crippen LogP contribution in [-0.2, 0) is 6.42 Å². The van der Waals surface area contributed by atoms with Gasteiger partial charge in [-0.3, -0.25) is 4.79 Å². The number of fused-ring (bicyclic) bond motifs is 1. The molecule has 0 aliphatic rings. The van der Waals surface area contributed by atoms with E-state index in [0.29, 0.717) is 23.0 Å². The van der Waals surface area contributed by atoms with E-state index in [2.05, 4.69) is 10.3 Å². The number of hydrogen-bond acceptors (Lipinski definition) is 3. The standard InChI is InChI=1S/C18H17FN2O3/c19-13-3-6-16-12(8-13)9-17(21-16)18(24)20-14(10-22)7-11-1-4-15(23)5-2-11/h1-6,8-9,14,21-23H,7,10H2,(H,20,24)/t14-/m0/s1. The van der Waals surface area contributed by atoms with E-state index < -0.39 is 6.04 Å². The van der Waals surface area contributed by atoms with Crippen molar-refractivity contribution in [3.05, 3.63) is 65.6 Å². The zero-order valence-electron chi connectivity index (χ0n) is 12.8. The number of benzene rings is 2. The van der Waals surface area contributed by atoms with E-state index in [4.69, 9.17) is 0 Å². The fourth-order valence-electron chi connectivity index (χ4n) is 2.57. The number of H-pyrrole nitrogens is 1. The van der Waals surface area contributed by atoms with E-state index in [1.165, 1.54) is 12.1 Å². The summed E-state index contributed by atoms with van der Waals surface area (Å²) >= 11 is 0. The number of phenols is 1. The maximum absolute atomic E-state index is 13.2. The second kappa shape index (κ2) is 6.72. The number of aliphatic hydroxyl groups is 1. The third-order valence-corrected chi connectivity index (χ3v) is 3.80. The summed E-state index contributed by atoms with van der Waals surface area (Å²) in [5, 5.41) is 22.1. The molecule has 0 spiro atoms. The number of halogens is 1. The van der Waals surface area contributed by atoms with Gasteiger partial charge in [-0.25, -0.2) is 4.39 Å². The molecule has 2 aromatic carbocycles. The number of phenolic OH excluding ortho intramolecular Hbond substituents is 1. The fourth-order valence-corrected chi connectivity index (χ4v) is 2.57. The highest BCUT2D eigenvalue weighted by atomic mass is 19.1. The summed E-state index contributed by atoms with van der Waals surface area (Å²) in [4.78, 5) is 15.3. The minimum atomic E-state index is -0.467. The SMILES string of the molecule is O=C(N[C@H](CO)Cc1ccc(O)cc1)c1cc2cc(F)ccc2[nH]1. The molecule has 24 heavy (non-hydrogen) atoms. The molecule has 3 rings (SSSR count). The topological polar surface area (TPSA) is 85.3 Å². The molecule has 0 saturated carbocycles. The number of amides is 1. The number of carbonyl (C=O) groups is 1. The van der Waals surface area contributed by atoms with Gasteiger partial charge in [0, 0.05) is 10.9 Å². The van der Waals surface area contributed by atoms with Crippen molar-refractivity contribution in [1.82, 2.24) is 10.3 Å². The molecule has 0 saturated heterocycles. The van der Waals surface area contributed by atoms with E-state index in [1.54, 1.807) is 36.4 Å². The Bertz CT molecular complexity index is 858. The molecule has 0 bridgehead atoms. The van der Waals surface area contributed by atoms with Crippen molar-refractivity contribution >= 4 is 16.8 Å². The van der Waals surface area contributed by atoms with Gasteiger partial charge in [0.15, 0.2) is 0 Å². The Labute approximate surface area is 137 Å². The predicted octanol–water partition coefficient (Wildman–Crippen LogP) is 2.35. The number of aromatic nitrogens is 1. The van der Waals surface area contributed by atoms with Crippen LogP contribution < -0.4 is 5.32 Å². The minimum Gasteiger partial charge on any atom is -0.508 e. The molecular formula is C18H17FN2O3. The Morgan fingerprint density at radius 2 is 1.92 bits per heavy atom. The van der Waals surface area contributed by atoms with Crippen molar-refractivity contribution in [1.29, 1.82) is 0 Å². The molecule has 1 amide bonds. The van der Waals surface area contributed by atoms with Gasteiger partial charge in [-0.1, -0.05) is 12.1 Å². The normalized spacial score (nSPS) is 12.2. The lowest BCUT2D eigenvalue weighted by Gasteiger charge is -2.16. The summed E-state index contributed by atoms with van der Waals surface area (Å²) < 4.78 is 13.2. The lowest BCUT2D eigenvalue weighted by atomic mass is 10.1. The highest BCUT2D eigenvalue weighted by molar-refractivity contribution is 5.98. The Balaban J connectivity index is 1.72. The molecule has 0 aliphatic carbocycles. The van der Waals surface area contributed by atoms with E-state index in [9.17, 15) is 19.4 Å². The molecule has 0 radical (unpaired) electrons. The molecule has 1 atom stereocenters. The van der Waals surface area contributed by atoms with Crippen LogP contribution in [0.15, 0.2) is 48.5 Å². The van der Waals surface area contributed by atoms with Gasteiger partial charge in [-0.05, 0) is 48.4 Å². The Morgan fingerprint density at radius 1 is 1.17 bits per heavy atom. The van der Waals surface area contributed by atoms with Crippen LogP contribution in [0.2, 0.25) is 0 Å². The highest BCUT2D eigenvalue weighted by Gasteiger charge is 2.15. The summed E-state index contributed by atoms with van der Waals surface area (Å²) in [7, 11) is 0. The molecule has 0 fully saturated rings. The van der Waals surface area contributed by atoms with Gasteiger partial charge < -0.3 is 20.5 Å². The minimum absolute atomic E-state index is 0.161. The van der Waals surface area contributed by atoms with E-state index in [1.807, 2.05) is 0 Å². The van der Waals surface area contributed by atoms with Gasteiger partial charge >= 0.3 is 0 Å². The van der Waals surface area contributed by atoms with Crippen molar-refractivity contribution in [3.63, 3.8) is 0 Å². The number of aliphatic hydroxyl groups excluding tert-OH is 1. The van der Waals surface area contributed by atoms with E-state index in [0.717, 1.165) is 5.56 Å². The molecule has 5 nitrogen and oxygen atoms in total. The number of nitrogens with one attached hydrogen (secondary N) is 2. The summed E-state index contributed by atoms with van der Waals surface area (Å²) in [5.41, 5.74) is 1.85. The largest absolute Gasteiger partial charge is 0.508 e. The van der Waals surface area contributed by atoms with E-state index >= 15 is 0 Å². The highest BCUT2D eigenvalue weighted by Crippen LogP contribution is 2.17. The quantitative estimate of drug-likeness (QED) is 0.580. The summed E-state index contributed by atoms with van der Waals surface area (Å²) in [6.07, 6.45) is 0.428. The first-order valence-corrected chi connectivity index (χ1v) is 7.53. The zero-order valence-corrected chi connectivity index (χ0v) is 12.8. The van der Waals surface area contributed by atoms with Crippen LogP contribution in [0.25, 0.3) is 10.9 Å². The maximum Gasteiger partial charge on any atom is 0.268 e. The van der Waals surface area contributed by atoms with Crippen molar-refractivity contribution in [2.75, 3.05) is 6.61 Å². The molecule has 1 heterocycles. The third kappa shape index (κ3) is 3.55. The van der Waals surface area contributed by atoms with Crippen molar-refractivity contribution in [2.45, 2.75) is 12.5 Å². The molecule has 1 aromatic heterocycles. The molecule has 6 heteroatoms. The van der Waals surface area contributed by atoms with Gasteiger partial charge in [0.25, 0.3) is 5.91 Å². The second-order valence-electron chi connectivity index (χ2n) is 5.64. The van der Waals surface area contributed by atoms with Crippen LogP contribution in [0.4, 0.5) is 4.39 Å². The number of rotatable bonds is 5. The first-order valence-electron chi connectivity index (χ1n) is 7.53. The van der Waals surface area contributed by atoms with Crippen LogP contribution in [-0.4, -0.2) is 33.8 Å². The van der Waals surface area contributed by atoms with Crippen LogP contribution >= 0.6 is 0 Å². The van der Waals surface area contributed by atoms with Crippen molar-refractivity contribution in [2.24, 2.45) is 0 Å². The Hall–Kier alpha value is -2.86. The average molecular weight is 328 g/mol. The van der Waals surface area contributed by atoms with Crippen LogP contribution in [0, 0.1) is 5.82 Å².